The molecule has 0 heterocycles. The summed E-state index contributed by atoms with van der Waals surface area (Å²) < 4.78 is 39.8. The van der Waals surface area contributed by atoms with Crippen LogP contribution in [0.5, 0.6) is 0 Å². The number of hydrogen-bond donors (Lipinski definition) is 2. The molecule has 1 atom stereocenters. The summed E-state index contributed by atoms with van der Waals surface area (Å²) in [6, 6.07) is 5.11. The van der Waals surface area contributed by atoms with Gasteiger partial charge in [0, 0.05) is 18.2 Å². The van der Waals surface area contributed by atoms with E-state index in [0.29, 0.717) is 12.8 Å². The van der Waals surface area contributed by atoms with Crippen molar-refractivity contribution in [2.75, 3.05) is 6.61 Å². The molecule has 1 rings (SSSR count). The molecule has 7 heteroatoms. The zero-order valence-electron chi connectivity index (χ0n) is 11.1. The molecule has 0 fully saturated rings. The highest BCUT2D eigenvalue weighted by Gasteiger charge is 2.17. The predicted octanol–water partition coefficient (Wildman–Crippen LogP) is 1.28. The number of hydrogen-bond acceptors (Lipinski definition) is 4. The van der Waals surface area contributed by atoms with Crippen LogP contribution in [0.4, 0.5) is 4.39 Å². The summed E-state index contributed by atoms with van der Waals surface area (Å²) in [5, 5.41) is 17.4. The summed E-state index contributed by atoms with van der Waals surface area (Å²) in [5.74, 6) is -1.17. The minimum Gasteiger partial charge on any atom is -0.396 e. The van der Waals surface area contributed by atoms with E-state index >= 15 is 0 Å². The monoisotopic (exact) mass is 300 g/mol. The fourth-order valence-corrected chi connectivity index (χ4v) is 3.21. The van der Waals surface area contributed by atoms with Crippen LogP contribution >= 0.6 is 0 Å². The smallest absolute Gasteiger partial charge is 0.216 e. The van der Waals surface area contributed by atoms with Gasteiger partial charge in [0.15, 0.2) is 0 Å². The van der Waals surface area contributed by atoms with E-state index in [2.05, 4.69) is 4.72 Å². The fraction of sp³-hybridized carbons (Fsp3) is 0.462. The maximum Gasteiger partial charge on any atom is 0.216 e. The number of benzene rings is 1. The number of halogens is 1. The van der Waals surface area contributed by atoms with Crippen LogP contribution in [-0.4, -0.2) is 26.2 Å². The van der Waals surface area contributed by atoms with Gasteiger partial charge >= 0.3 is 0 Å². The van der Waals surface area contributed by atoms with E-state index in [-0.39, 0.29) is 23.8 Å². The van der Waals surface area contributed by atoms with Crippen molar-refractivity contribution < 1.29 is 17.9 Å². The lowest BCUT2D eigenvalue weighted by atomic mass is 10.1. The molecule has 0 bridgehead atoms. The van der Waals surface area contributed by atoms with Crippen LogP contribution in [0.15, 0.2) is 18.2 Å². The summed E-state index contributed by atoms with van der Waals surface area (Å²) in [4.78, 5) is 0. The number of sulfonamides is 1. The van der Waals surface area contributed by atoms with Gasteiger partial charge in [-0.2, -0.15) is 5.26 Å². The summed E-state index contributed by atoms with van der Waals surface area (Å²) >= 11 is 0. The van der Waals surface area contributed by atoms with E-state index in [0.717, 1.165) is 6.07 Å². The first kappa shape index (κ1) is 16.6. The van der Waals surface area contributed by atoms with Crippen molar-refractivity contribution in [3.8, 4) is 6.07 Å². The molecule has 0 amide bonds. The first-order chi connectivity index (χ1) is 9.38. The molecule has 0 saturated carbocycles. The molecular formula is C13H17FN2O3S. The van der Waals surface area contributed by atoms with Crippen molar-refractivity contribution >= 4 is 10.0 Å². The second-order valence-corrected chi connectivity index (χ2v) is 6.32. The first-order valence-corrected chi connectivity index (χ1v) is 7.82. The van der Waals surface area contributed by atoms with Gasteiger partial charge in [0.1, 0.15) is 5.82 Å². The Balaban J connectivity index is 2.78. The van der Waals surface area contributed by atoms with Crippen LogP contribution in [0.2, 0.25) is 0 Å². The van der Waals surface area contributed by atoms with Crippen molar-refractivity contribution in [2.45, 2.75) is 31.6 Å². The Labute approximate surface area is 118 Å². The summed E-state index contributed by atoms with van der Waals surface area (Å²) in [6.45, 7) is 1.67. The SMILES string of the molecule is CC(CCCO)NS(=O)(=O)Cc1cc(C#N)ccc1F. The number of nitriles is 1. The highest BCUT2D eigenvalue weighted by Crippen LogP contribution is 2.13. The molecule has 1 unspecified atom stereocenters. The molecule has 0 aliphatic heterocycles. The van der Waals surface area contributed by atoms with Gasteiger partial charge in [-0.3, -0.25) is 0 Å². The lowest BCUT2D eigenvalue weighted by Gasteiger charge is -2.14. The van der Waals surface area contributed by atoms with Gasteiger partial charge in [0.2, 0.25) is 10.0 Å². The Kier molecular flexibility index (Phi) is 6.07. The van der Waals surface area contributed by atoms with Crippen molar-refractivity contribution in [3.05, 3.63) is 35.1 Å². The largest absolute Gasteiger partial charge is 0.396 e. The first-order valence-electron chi connectivity index (χ1n) is 6.17. The number of aliphatic hydroxyl groups excluding tert-OH is 1. The normalized spacial score (nSPS) is 12.9. The van der Waals surface area contributed by atoms with E-state index in [9.17, 15) is 12.8 Å². The zero-order valence-corrected chi connectivity index (χ0v) is 12.0. The van der Waals surface area contributed by atoms with Gasteiger partial charge < -0.3 is 5.11 Å². The van der Waals surface area contributed by atoms with Crippen molar-refractivity contribution in [2.24, 2.45) is 0 Å². The zero-order chi connectivity index (χ0) is 15.2. The van der Waals surface area contributed by atoms with E-state index in [1.165, 1.54) is 12.1 Å². The predicted molar refractivity (Wildman–Crippen MR) is 72.7 cm³/mol. The maximum absolute atomic E-state index is 13.5. The Hall–Kier alpha value is -1.49. The van der Waals surface area contributed by atoms with Gasteiger partial charge in [-0.1, -0.05) is 0 Å². The molecular weight excluding hydrogens is 283 g/mol. The molecule has 2 N–H and O–H groups in total. The Morgan fingerprint density at radius 1 is 1.50 bits per heavy atom. The molecule has 0 spiro atoms. The van der Waals surface area contributed by atoms with Gasteiger partial charge in [0.25, 0.3) is 0 Å². The average molecular weight is 300 g/mol. The van der Waals surface area contributed by atoms with Crippen LogP contribution in [0.3, 0.4) is 0 Å². The third kappa shape index (κ3) is 5.25. The minimum atomic E-state index is -3.69. The molecule has 0 radical (unpaired) electrons. The Bertz CT molecular complexity index is 596. The van der Waals surface area contributed by atoms with E-state index in [1.54, 1.807) is 6.92 Å². The van der Waals surface area contributed by atoms with Crippen molar-refractivity contribution in [3.63, 3.8) is 0 Å². The van der Waals surface area contributed by atoms with Crippen LogP contribution in [-0.2, 0) is 15.8 Å². The highest BCUT2D eigenvalue weighted by atomic mass is 32.2. The summed E-state index contributed by atoms with van der Waals surface area (Å²) in [5.41, 5.74) is 0.177. The van der Waals surface area contributed by atoms with Crippen LogP contribution in [0.1, 0.15) is 30.9 Å². The van der Waals surface area contributed by atoms with Gasteiger partial charge in [0.05, 0.1) is 17.4 Å². The molecule has 5 nitrogen and oxygen atoms in total. The van der Waals surface area contributed by atoms with Crippen LogP contribution in [0.25, 0.3) is 0 Å². The maximum atomic E-state index is 13.5. The second-order valence-electron chi connectivity index (χ2n) is 4.56. The molecule has 0 saturated heterocycles. The molecule has 0 aromatic heterocycles. The number of rotatable bonds is 7. The Morgan fingerprint density at radius 3 is 2.80 bits per heavy atom. The standard InChI is InChI=1S/C13H17FN2O3S/c1-10(3-2-6-17)16-20(18,19)9-12-7-11(8-15)4-5-13(12)14/h4-5,7,10,16-17H,2-3,6,9H2,1H3. The third-order valence-electron chi connectivity index (χ3n) is 2.70. The molecule has 20 heavy (non-hydrogen) atoms. The van der Waals surface area contributed by atoms with Crippen molar-refractivity contribution in [1.29, 1.82) is 5.26 Å². The topological polar surface area (TPSA) is 90.2 Å². The number of aliphatic hydroxyl groups is 1. The third-order valence-corrected chi connectivity index (χ3v) is 4.15. The van der Waals surface area contributed by atoms with E-state index in [1.807, 2.05) is 6.07 Å². The number of nitrogens with zero attached hydrogens (tertiary/aromatic N) is 1. The average Bonchev–Trinajstić information content (AvgIpc) is 2.38. The molecule has 1 aromatic carbocycles. The van der Waals surface area contributed by atoms with E-state index in [4.69, 9.17) is 10.4 Å². The lowest BCUT2D eigenvalue weighted by Crippen LogP contribution is -2.33. The molecule has 0 aliphatic carbocycles. The van der Waals surface area contributed by atoms with Crippen LogP contribution in [0, 0.1) is 17.1 Å². The summed E-state index contributed by atoms with van der Waals surface area (Å²) in [6.07, 6.45) is 0.985. The molecule has 1 aromatic rings. The van der Waals surface area contributed by atoms with E-state index < -0.39 is 21.6 Å². The number of nitrogens with one attached hydrogen (secondary N) is 1. The second kappa shape index (κ2) is 7.33. The summed E-state index contributed by atoms with van der Waals surface area (Å²) in [7, 11) is -3.69. The Morgan fingerprint density at radius 2 is 2.20 bits per heavy atom. The molecule has 0 aliphatic rings. The van der Waals surface area contributed by atoms with Gasteiger partial charge in [-0.25, -0.2) is 17.5 Å². The molecule has 110 valence electrons. The minimum absolute atomic E-state index is 0.00902. The highest BCUT2D eigenvalue weighted by molar-refractivity contribution is 7.88. The van der Waals surface area contributed by atoms with Crippen molar-refractivity contribution in [1.82, 2.24) is 4.72 Å². The van der Waals surface area contributed by atoms with Gasteiger partial charge in [-0.05, 0) is 38.0 Å². The quantitative estimate of drug-likeness (QED) is 0.793. The lowest BCUT2D eigenvalue weighted by molar-refractivity contribution is 0.279. The van der Waals surface area contributed by atoms with Gasteiger partial charge in [-0.15, -0.1) is 0 Å². The van der Waals surface area contributed by atoms with Crippen LogP contribution < -0.4 is 4.72 Å². The fourth-order valence-electron chi connectivity index (χ4n) is 1.76.